The number of nitrogens with two attached hydrogens (primary N) is 1. The van der Waals surface area contributed by atoms with Gasteiger partial charge in [0.15, 0.2) is 0 Å². The first-order valence-corrected chi connectivity index (χ1v) is 8.99. The van der Waals surface area contributed by atoms with Crippen LogP contribution in [0.1, 0.15) is 6.92 Å². The van der Waals surface area contributed by atoms with Gasteiger partial charge in [0.25, 0.3) is 0 Å². The fraction of sp³-hybridized carbons (Fsp3) is 0.0952. The highest BCUT2D eigenvalue weighted by Gasteiger charge is 2.24. The molecule has 0 aliphatic heterocycles. The first kappa shape index (κ1) is 19.6. The predicted octanol–water partition coefficient (Wildman–Crippen LogP) is 4.83. The number of rotatable bonds is 4. The summed E-state index contributed by atoms with van der Waals surface area (Å²) in [4.78, 5) is 7.92. The molecule has 0 fully saturated rings. The van der Waals surface area contributed by atoms with E-state index in [2.05, 4.69) is 15.1 Å². The monoisotopic (exact) mass is 413 g/mol. The van der Waals surface area contributed by atoms with Gasteiger partial charge in [-0.2, -0.15) is 5.10 Å². The van der Waals surface area contributed by atoms with Crippen LogP contribution in [0.25, 0.3) is 33.6 Å². The average Bonchev–Trinajstić information content (AvgIpc) is 3.14. The van der Waals surface area contributed by atoms with Gasteiger partial charge in [-0.1, -0.05) is 0 Å². The molecule has 2 N–H and O–H groups in total. The summed E-state index contributed by atoms with van der Waals surface area (Å²) < 4.78 is 59.6. The number of aromatic nitrogens is 4. The third-order valence-corrected chi connectivity index (χ3v) is 4.58. The van der Waals surface area contributed by atoms with E-state index in [9.17, 15) is 13.2 Å². The Bertz CT molecular complexity index is 1250. The van der Waals surface area contributed by atoms with Gasteiger partial charge in [0.1, 0.15) is 29.0 Å². The second-order valence-corrected chi connectivity index (χ2v) is 6.46. The van der Waals surface area contributed by atoms with Gasteiger partial charge in [-0.25, -0.2) is 27.5 Å². The minimum absolute atomic E-state index is 0.0146. The summed E-state index contributed by atoms with van der Waals surface area (Å²) in [6.45, 7) is 2.23. The summed E-state index contributed by atoms with van der Waals surface area (Å²) >= 11 is 0. The molecule has 5 nitrogen and oxygen atoms in total. The van der Waals surface area contributed by atoms with Crippen molar-refractivity contribution in [3.63, 3.8) is 0 Å². The molecule has 0 bridgehead atoms. The normalized spacial score (nSPS) is 11.1. The second-order valence-electron chi connectivity index (χ2n) is 6.46. The number of aryl methyl sites for hydroxylation is 1. The van der Waals surface area contributed by atoms with Gasteiger partial charge in [0.2, 0.25) is 5.95 Å². The molecule has 9 heteroatoms. The van der Waals surface area contributed by atoms with E-state index in [1.165, 1.54) is 16.9 Å². The van der Waals surface area contributed by atoms with Crippen molar-refractivity contribution < 1.29 is 17.6 Å². The van der Waals surface area contributed by atoms with Crippen LogP contribution in [0.15, 0.2) is 48.8 Å². The fourth-order valence-corrected chi connectivity index (χ4v) is 3.16. The number of hydrogen-bond donors (Lipinski definition) is 1. The van der Waals surface area contributed by atoms with Gasteiger partial charge in [-0.3, -0.25) is 4.68 Å². The fourth-order valence-electron chi connectivity index (χ4n) is 3.16. The molecule has 0 unspecified atom stereocenters. The number of anilines is 1. The number of hydrogen-bond acceptors (Lipinski definition) is 4. The van der Waals surface area contributed by atoms with Crippen molar-refractivity contribution >= 4 is 5.95 Å². The molecule has 4 aromatic rings. The maximum atomic E-state index is 15.5. The average molecular weight is 413 g/mol. The van der Waals surface area contributed by atoms with E-state index in [1.54, 1.807) is 13.1 Å². The van der Waals surface area contributed by atoms with Crippen LogP contribution in [-0.4, -0.2) is 19.7 Å². The van der Waals surface area contributed by atoms with Crippen LogP contribution in [0, 0.1) is 23.3 Å². The summed E-state index contributed by atoms with van der Waals surface area (Å²) in [6.07, 6.45) is 2.99. The molecule has 0 aliphatic carbocycles. The van der Waals surface area contributed by atoms with E-state index >= 15 is 4.39 Å². The van der Waals surface area contributed by atoms with E-state index in [-0.39, 0.29) is 22.8 Å². The van der Waals surface area contributed by atoms with Crippen LogP contribution in [0.4, 0.5) is 23.5 Å². The molecular formula is C21H15F4N5. The number of nitrogen functional groups attached to an aromatic ring is 1. The molecule has 2 aromatic carbocycles. The Labute approximate surface area is 168 Å². The van der Waals surface area contributed by atoms with Crippen molar-refractivity contribution in [3.8, 4) is 33.6 Å². The van der Waals surface area contributed by atoms with Crippen molar-refractivity contribution in [2.24, 2.45) is 0 Å². The Morgan fingerprint density at radius 1 is 0.933 bits per heavy atom. The van der Waals surface area contributed by atoms with Crippen LogP contribution < -0.4 is 5.73 Å². The van der Waals surface area contributed by atoms with Gasteiger partial charge in [-0.15, -0.1) is 0 Å². The highest BCUT2D eigenvalue weighted by molar-refractivity contribution is 5.82. The summed E-state index contributed by atoms with van der Waals surface area (Å²) in [5.41, 5.74) is 5.15. The van der Waals surface area contributed by atoms with Crippen LogP contribution in [0.5, 0.6) is 0 Å². The first-order valence-electron chi connectivity index (χ1n) is 8.99. The lowest BCUT2D eigenvalue weighted by Crippen LogP contribution is -2.00. The maximum Gasteiger partial charge on any atom is 0.220 e. The van der Waals surface area contributed by atoms with Crippen molar-refractivity contribution in [3.05, 3.63) is 72.1 Å². The standard InChI is InChI=1S/C21H15F4N5/c1-2-30-10-14(17-7-8-27-21(26)28-17)20(29-30)18-16(24)6-4-12(19(18)25)13-9-11(22)3-5-15(13)23/h3-10H,2H2,1H3,(H2,26,27,28). The Balaban J connectivity index is 1.98. The first-order chi connectivity index (χ1) is 14.4. The zero-order valence-corrected chi connectivity index (χ0v) is 15.7. The molecule has 0 saturated heterocycles. The van der Waals surface area contributed by atoms with E-state index < -0.39 is 28.8 Å². The van der Waals surface area contributed by atoms with E-state index in [0.717, 1.165) is 30.3 Å². The topological polar surface area (TPSA) is 69.6 Å². The number of nitrogens with zero attached hydrogens (tertiary/aromatic N) is 4. The van der Waals surface area contributed by atoms with Gasteiger partial charge >= 0.3 is 0 Å². The molecule has 2 heterocycles. The van der Waals surface area contributed by atoms with E-state index in [4.69, 9.17) is 5.73 Å². The highest BCUT2D eigenvalue weighted by Crippen LogP contribution is 2.38. The molecule has 152 valence electrons. The molecule has 0 saturated carbocycles. The smallest absolute Gasteiger partial charge is 0.220 e. The zero-order valence-electron chi connectivity index (χ0n) is 15.7. The minimum Gasteiger partial charge on any atom is -0.368 e. The van der Waals surface area contributed by atoms with Crippen molar-refractivity contribution in [2.45, 2.75) is 13.5 Å². The van der Waals surface area contributed by atoms with Crippen LogP contribution >= 0.6 is 0 Å². The summed E-state index contributed by atoms with van der Waals surface area (Å²) in [6, 6.07) is 6.23. The molecule has 2 aromatic heterocycles. The quantitative estimate of drug-likeness (QED) is 0.487. The molecule has 4 rings (SSSR count). The van der Waals surface area contributed by atoms with Crippen LogP contribution in [0.3, 0.4) is 0 Å². The predicted molar refractivity (Wildman–Crippen MR) is 104 cm³/mol. The van der Waals surface area contributed by atoms with Crippen LogP contribution in [-0.2, 0) is 6.54 Å². The molecular weight excluding hydrogens is 398 g/mol. The summed E-state index contributed by atoms with van der Waals surface area (Å²) in [5.74, 6) is -3.57. The lowest BCUT2D eigenvalue weighted by atomic mass is 9.97. The Morgan fingerprint density at radius 3 is 2.43 bits per heavy atom. The molecule has 0 spiro atoms. The summed E-state index contributed by atoms with van der Waals surface area (Å²) in [5, 5.41) is 4.27. The van der Waals surface area contributed by atoms with Crippen molar-refractivity contribution in [1.82, 2.24) is 19.7 Å². The molecule has 0 atom stereocenters. The van der Waals surface area contributed by atoms with Crippen LogP contribution in [0.2, 0.25) is 0 Å². The SMILES string of the molecule is CCn1cc(-c2ccnc(N)n2)c(-c2c(F)ccc(-c3cc(F)ccc3F)c2F)n1. The summed E-state index contributed by atoms with van der Waals surface area (Å²) in [7, 11) is 0. The van der Waals surface area contributed by atoms with Gasteiger partial charge < -0.3 is 5.73 Å². The number of benzene rings is 2. The third kappa shape index (κ3) is 3.38. The lowest BCUT2D eigenvalue weighted by Gasteiger charge is -2.11. The van der Waals surface area contributed by atoms with E-state index in [1.807, 2.05) is 0 Å². The van der Waals surface area contributed by atoms with Gasteiger partial charge in [-0.05, 0) is 43.3 Å². The molecule has 30 heavy (non-hydrogen) atoms. The Kier molecular flexibility index (Phi) is 4.94. The zero-order chi connectivity index (χ0) is 21.4. The highest BCUT2D eigenvalue weighted by atomic mass is 19.1. The lowest BCUT2D eigenvalue weighted by molar-refractivity contribution is 0.582. The van der Waals surface area contributed by atoms with Gasteiger partial charge in [0, 0.05) is 35.6 Å². The Hall–Kier alpha value is -3.75. The molecule has 0 radical (unpaired) electrons. The largest absolute Gasteiger partial charge is 0.368 e. The molecule has 0 aliphatic rings. The Morgan fingerprint density at radius 2 is 1.70 bits per heavy atom. The minimum atomic E-state index is -1.07. The maximum absolute atomic E-state index is 15.5. The van der Waals surface area contributed by atoms with E-state index in [0.29, 0.717) is 17.8 Å². The second kappa shape index (κ2) is 7.58. The van der Waals surface area contributed by atoms with Crippen molar-refractivity contribution in [2.75, 3.05) is 5.73 Å². The molecule has 0 amide bonds. The third-order valence-electron chi connectivity index (χ3n) is 4.58. The van der Waals surface area contributed by atoms with Crippen molar-refractivity contribution in [1.29, 1.82) is 0 Å². The number of halogens is 4. The van der Waals surface area contributed by atoms with Gasteiger partial charge in [0.05, 0.1) is 11.3 Å².